The van der Waals surface area contributed by atoms with Crippen LogP contribution in [0.4, 0.5) is 39.5 Å². The van der Waals surface area contributed by atoms with E-state index < -0.39 is 67.0 Å². The lowest BCUT2D eigenvalue weighted by molar-refractivity contribution is -0.250. The highest BCUT2D eigenvalue weighted by molar-refractivity contribution is 5.34. The molecule has 11 heteroatoms. The summed E-state index contributed by atoms with van der Waals surface area (Å²) < 4.78 is 127. The van der Waals surface area contributed by atoms with Crippen LogP contribution in [0, 0.1) is 16.7 Å². The smallest absolute Gasteiger partial charge is 0.368 e. The van der Waals surface area contributed by atoms with Crippen molar-refractivity contribution in [3.63, 3.8) is 0 Å². The van der Waals surface area contributed by atoms with Crippen molar-refractivity contribution in [3.05, 3.63) is 35.9 Å². The molecule has 2 aliphatic carbocycles. The molecule has 2 nitrogen and oxygen atoms in total. The van der Waals surface area contributed by atoms with Crippen LogP contribution in [0.25, 0.3) is 0 Å². The molecule has 33 heavy (non-hydrogen) atoms. The van der Waals surface area contributed by atoms with Gasteiger partial charge in [-0.25, -0.2) is 4.90 Å². The van der Waals surface area contributed by atoms with Crippen molar-refractivity contribution in [1.29, 1.82) is 0 Å². The van der Waals surface area contributed by atoms with Gasteiger partial charge in [-0.05, 0) is 43.2 Å². The minimum atomic E-state index is -4.85. The number of ether oxygens (including phenoxy) is 1. The van der Waals surface area contributed by atoms with Crippen LogP contribution < -0.4 is 0 Å². The van der Waals surface area contributed by atoms with Gasteiger partial charge >= 0.3 is 18.7 Å². The minimum Gasteiger partial charge on any atom is -0.368 e. The molecule has 2 bridgehead atoms. The van der Waals surface area contributed by atoms with Crippen LogP contribution in [0.5, 0.6) is 0 Å². The van der Waals surface area contributed by atoms with Gasteiger partial charge in [-0.2, -0.15) is 39.5 Å². The highest BCUT2D eigenvalue weighted by Gasteiger charge is 2.76. The topological polar surface area (TPSA) is 12.5 Å². The summed E-state index contributed by atoms with van der Waals surface area (Å²) in [6, 6.07) is 7.94. The zero-order valence-electron chi connectivity index (χ0n) is 18.2. The normalized spacial score (nSPS) is 29.8. The largest absolute Gasteiger partial charge is 0.459 e. The maximum Gasteiger partial charge on any atom is 0.459 e. The molecule has 3 unspecified atom stereocenters. The summed E-state index contributed by atoms with van der Waals surface area (Å²) in [6.45, 7) is 0.281. The number of hydrogen-bond acceptors (Lipinski definition) is 2. The number of rotatable bonds is 7. The fourth-order valence-corrected chi connectivity index (χ4v) is 6.30. The van der Waals surface area contributed by atoms with E-state index in [2.05, 4.69) is 0 Å². The van der Waals surface area contributed by atoms with E-state index in [1.165, 1.54) is 6.92 Å². The van der Waals surface area contributed by atoms with Crippen molar-refractivity contribution in [2.45, 2.75) is 63.3 Å². The summed E-state index contributed by atoms with van der Waals surface area (Å²) in [4.78, 5) is 0.0694. The summed E-state index contributed by atoms with van der Waals surface area (Å²) >= 11 is 0. The van der Waals surface area contributed by atoms with Crippen molar-refractivity contribution in [3.8, 4) is 0 Å². The number of likely N-dealkylation sites (N-methyl/N-ethyl adjacent to an activating group) is 1. The van der Waals surface area contributed by atoms with Crippen molar-refractivity contribution in [2.75, 3.05) is 20.2 Å². The highest BCUT2D eigenvalue weighted by Crippen LogP contribution is 2.78. The van der Waals surface area contributed by atoms with E-state index in [-0.39, 0.29) is 24.2 Å². The van der Waals surface area contributed by atoms with Crippen molar-refractivity contribution in [2.24, 2.45) is 16.7 Å². The Hall–Kier alpha value is -1.49. The molecule has 0 saturated heterocycles. The monoisotopic (exact) mass is 491 g/mol. The Balaban J connectivity index is 2.07. The van der Waals surface area contributed by atoms with Gasteiger partial charge < -0.3 is 4.74 Å². The molecule has 0 aromatic heterocycles. The van der Waals surface area contributed by atoms with Crippen LogP contribution in [0.2, 0.25) is 0 Å². The molecule has 2 saturated carbocycles. The SMILES string of the molecule is CN(CCOC1(c2ccccc2)CC2CCC1(C)C2(CC(F)(F)F)CC(F)(F)F)C(F)(F)F. The van der Waals surface area contributed by atoms with Crippen LogP contribution in [0.15, 0.2) is 30.3 Å². The van der Waals surface area contributed by atoms with Crippen LogP contribution >= 0.6 is 0 Å². The minimum absolute atomic E-state index is 0.0494. The summed E-state index contributed by atoms with van der Waals surface area (Å²) in [5.74, 6) is -0.939. The van der Waals surface area contributed by atoms with E-state index in [1.807, 2.05) is 0 Å². The highest BCUT2D eigenvalue weighted by atomic mass is 19.4. The maximum absolute atomic E-state index is 13.7. The van der Waals surface area contributed by atoms with E-state index in [9.17, 15) is 39.5 Å². The second-order valence-corrected chi connectivity index (χ2v) is 9.44. The Kier molecular flexibility index (Phi) is 6.59. The van der Waals surface area contributed by atoms with E-state index in [0.717, 1.165) is 7.05 Å². The van der Waals surface area contributed by atoms with Crippen LogP contribution in [0.3, 0.4) is 0 Å². The molecule has 0 N–H and O–H groups in total. The number of hydrogen-bond donors (Lipinski definition) is 0. The third kappa shape index (κ3) is 4.72. The fraction of sp³-hybridized carbons (Fsp3) is 0.727. The van der Waals surface area contributed by atoms with Crippen LogP contribution in [-0.4, -0.2) is 43.8 Å². The molecule has 0 amide bonds. The van der Waals surface area contributed by atoms with Gasteiger partial charge in [0.25, 0.3) is 0 Å². The second kappa shape index (κ2) is 8.32. The Morgan fingerprint density at radius 3 is 1.97 bits per heavy atom. The lowest BCUT2D eigenvalue weighted by Gasteiger charge is -2.51. The summed E-state index contributed by atoms with van der Waals surface area (Å²) in [5, 5.41) is 0. The van der Waals surface area contributed by atoms with Gasteiger partial charge in [-0.15, -0.1) is 0 Å². The molecule has 0 heterocycles. The van der Waals surface area contributed by atoms with E-state index in [4.69, 9.17) is 4.74 Å². The molecule has 1 aromatic rings. The van der Waals surface area contributed by atoms with Crippen LogP contribution in [-0.2, 0) is 10.3 Å². The van der Waals surface area contributed by atoms with Gasteiger partial charge in [0, 0.05) is 12.0 Å². The second-order valence-electron chi connectivity index (χ2n) is 9.44. The zero-order chi connectivity index (χ0) is 24.9. The maximum atomic E-state index is 13.7. The Labute approximate surface area is 186 Å². The molecule has 0 radical (unpaired) electrons. The predicted molar refractivity (Wildman–Crippen MR) is 102 cm³/mol. The Morgan fingerprint density at radius 2 is 1.48 bits per heavy atom. The van der Waals surface area contributed by atoms with Gasteiger partial charge in [-0.3, -0.25) is 0 Å². The first-order valence-electron chi connectivity index (χ1n) is 10.6. The number of nitrogens with zero attached hydrogens (tertiary/aromatic N) is 1. The molecule has 188 valence electrons. The van der Waals surface area contributed by atoms with Crippen molar-refractivity contribution in [1.82, 2.24) is 4.90 Å². The predicted octanol–water partition coefficient (Wildman–Crippen LogP) is 7.06. The first-order valence-corrected chi connectivity index (χ1v) is 10.6. The molecular weight excluding hydrogens is 465 g/mol. The van der Waals surface area contributed by atoms with Gasteiger partial charge in [-0.1, -0.05) is 37.3 Å². The quantitative estimate of drug-likeness (QED) is 0.299. The number of fused-ring (bicyclic) bond motifs is 2. The number of alkyl halides is 9. The molecule has 2 fully saturated rings. The lowest BCUT2D eigenvalue weighted by atomic mass is 9.58. The standard InChI is InChI=1S/C22H26F9NO/c1-17-9-8-16(18(17,13-20(23,24)25)14-21(26,27)28)12-19(17,15-6-4-3-5-7-15)33-11-10-32(2)22(29,30)31/h3-7,16H,8-14H2,1-2H3. The lowest BCUT2D eigenvalue weighted by Crippen LogP contribution is -2.51. The molecule has 3 rings (SSSR count). The summed E-state index contributed by atoms with van der Waals surface area (Å²) in [7, 11) is 0.804. The Morgan fingerprint density at radius 1 is 0.939 bits per heavy atom. The van der Waals surface area contributed by atoms with Crippen LogP contribution in [0.1, 0.15) is 44.6 Å². The molecule has 1 aromatic carbocycles. The summed E-state index contributed by atoms with van der Waals surface area (Å²) in [6.07, 6.45) is -17.5. The number of benzene rings is 1. The van der Waals surface area contributed by atoms with Gasteiger partial charge in [0.05, 0.1) is 25.0 Å². The van der Waals surface area contributed by atoms with Crippen molar-refractivity contribution >= 4 is 0 Å². The molecule has 0 spiro atoms. The molecule has 0 aliphatic heterocycles. The Bertz CT molecular complexity index is 804. The first-order chi connectivity index (χ1) is 15.0. The van der Waals surface area contributed by atoms with Crippen molar-refractivity contribution < 1.29 is 44.3 Å². The molecule has 2 aliphatic rings. The van der Waals surface area contributed by atoms with E-state index >= 15 is 0 Å². The third-order valence-corrected chi connectivity index (χ3v) is 7.78. The van der Waals surface area contributed by atoms with E-state index in [0.29, 0.717) is 5.56 Å². The van der Waals surface area contributed by atoms with E-state index in [1.54, 1.807) is 30.3 Å². The number of halogens is 9. The first kappa shape index (κ1) is 26.1. The fourth-order valence-electron chi connectivity index (χ4n) is 6.30. The summed E-state index contributed by atoms with van der Waals surface area (Å²) in [5.41, 5.74) is -4.94. The van der Waals surface area contributed by atoms with Gasteiger partial charge in [0.1, 0.15) is 0 Å². The van der Waals surface area contributed by atoms with Gasteiger partial charge in [0.15, 0.2) is 0 Å². The average molecular weight is 491 g/mol. The third-order valence-electron chi connectivity index (χ3n) is 7.78. The molecular formula is C22H26F9NO. The molecule has 3 atom stereocenters. The average Bonchev–Trinajstić information content (AvgIpc) is 3.00. The zero-order valence-corrected chi connectivity index (χ0v) is 18.2. The van der Waals surface area contributed by atoms with Gasteiger partial charge in [0.2, 0.25) is 0 Å².